The third-order valence-corrected chi connectivity index (χ3v) is 11.0. The Bertz CT molecular complexity index is 1460. The van der Waals surface area contributed by atoms with Crippen LogP contribution in [0.4, 0.5) is 5.69 Å². The molecule has 1 aliphatic heterocycles. The van der Waals surface area contributed by atoms with Crippen molar-refractivity contribution in [3.8, 4) is 0 Å². The van der Waals surface area contributed by atoms with Gasteiger partial charge in [0.15, 0.2) is 0 Å². The Balaban J connectivity index is 0.000000886. The van der Waals surface area contributed by atoms with Gasteiger partial charge in [0, 0.05) is 31.8 Å². The van der Waals surface area contributed by atoms with Gasteiger partial charge in [-0.1, -0.05) is 124 Å². The summed E-state index contributed by atoms with van der Waals surface area (Å²) in [6.07, 6.45) is 11.5. The quantitative estimate of drug-likeness (QED) is 0.101. The van der Waals surface area contributed by atoms with Gasteiger partial charge in [0.25, 0.3) is 0 Å². The molecule has 0 amide bonds. The summed E-state index contributed by atoms with van der Waals surface area (Å²) >= 11 is 0. The minimum Gasteiger partial charge on any atom is -0.466 e. The highest BCUT2D eigenvalue weighted by Crippen LogP contribution is 2.38. The predicted octanol–water partition coefficient (Wildman–Crippen LogP) is 11.8. The maximum atomic E-state index is 11.2. The van der Waals surface area contributed by atoms with Gasteiger partial charge in [0.05, 0.1) is 31.3 Å². The van der Waals surface area contributed by atoms with Crippen molar-refractivity contribution in [2.45, 2.75) is 152 Å². The van der Waals surface area contributed by atoms with Crippen LogP contribution in [0.25, 0.3) is 10.5 Å². The summed E-state index contributed by atoms with van der Waals surface area (Å²) in [5.41, 5.74) is 7.32. The molecule has 7 nitrogen and oxygen atoms in total. The largest absolute Gasteiger partial charge is 0.466 e. The van der Waals surface area contributed by atoms with Crippen LogP contribution in [-0.4, -0.2) is 68.3 Å². The van der Waals surface area contributed by atoms with E-state index in [9.17, 15) is 9.59 Å². The summed E-state index contributed by atoms with van der Waals surface area (Å²) in [7, 11) is 4.45. The fourth-order valence-corrected chi connectivity index (χ4v) is 8.12. The third kappa shape index (κ3) is 17.4. The van der Waals surface area contributed by atoms with Crippen LogP contribution in [0.15, 0.2) is 54.3 Å². The van der Waals surface area contributed by atoms with E-state index >= 15 is 0 Å². The molecule has 4 unspecified atom stereocenters. The van der Waals surface area contributed by atoms with Crippen LogP contribution in [0.1, 0.15) is 142 Å². The van der Waals surface area contributed by atoms with Crippen LogP contribution >= 0.6 is 8.19 Å². The zero-order valence-corrected chi connectivity index (χ0v) is 37.9. The molecular formula is C47H79N2O5P. The van der Waals surface area contributed by atoms with Crippen molar-refractivity contribution in [3.05, 3.63) is 76.6 Å². The first-order valence-electron chi connectivity index (χ1n) is 21.3. The second-order valence-corrected chi connectivity index (χ2v) is 14.5. The monoisotopic (exact) mass is 783 g/mol. The van der Waals surface area contributed by atoms with Gasteiger partial charge >= 0.3 is 5.97 Å². The Labute approximate surface area is 338 Å². The second kappa shape index (κ2) is 31.2. The normalized spacial score (nSPS) is 17.0. The van der Waals surface area contributed by atoms with Gasteiger partial charge in [-0.2, -0.15) is 0 Å². The Morgan fingerprint density at radius 1 is 1.02 bits per heavy atom. The molecule has 2 fully saturated rings. The number of nitrogens with zero attached hydrogens (tertiary/aromatic N) is 1. The number of methoxy groups -OCH3 is 1. The van der Waals surface area contributed by atoms with Crippen molar-refractivity contribution in [2.75, 3.05) is 39.2 Å². The summed E-state index contributed by atoms with van der Waals surface area (Å²) in [4.78, 5) is 24.4. The standard InChI is InChI=1S/C25H30NOP.C9H16O2.C7H15NO2.3C2H6/c1-5-9-19-15-23(18(6-2)14-20(19)12-13-27)26-25(17(3)4)22-16-28-24-11-8-7-10-21(22)24;1-2-11-9(10)8-6-4-3-5-7-8;1-8-4-7(10-2)3-6(8)5-9;3*1-2/h7-8,10-11,13-16,25-26,28H,3,5-6,9,12H2,1-2,4H3;8H,2-7H2,1H3;6-7,9H,3-5H2,1-2H3;3*1-2H3. The summed E-state index contributed by atoms with van der Waals surface area (Å²) in [6.45, 7) is 26.3. The molecule has 1 aromatic heterocycles. The lowest BCUT2D eigenvalue weighted by molar-refractivity contribution is -0.149. The third-order valence-electron chi connectivity index (χ3n) is 9.77. The number of ether oxygens (including phenoxy) is 2. The topological polar surface area (TPSA) is 88.1 Å². The molecule has 55 heavy (non-hydrogen) atoms. The molecule has 1 saturated heterocycles. The number of fused-ring (bicyclic) bond motifs is 1. The predicted molar refractivity (Wildman–Crippen MR) is 240 cm³/mol. The Morgan fingerprint density at radius 3 is 2.18 bits per heavy atom. The number of hydrogen-bond donors (Lipinski definition) is 2. The summed E-state index contributed by atoms with van der Waals surface area (Å²) < 4.78 is 10.1. The average molecular weight is 783 g/mol. The first-order chi connectivity index (χ1) is 26.7. The van der Waals surface area contributed by atoms with Gasteiger partial charge in [-0.25, -0.2) is 0 Å². The number of nitrogens with one attached hydrogen (secondary N) is 1. The molecule has 3 aromatic rings. The van der Waals surface area contributed by atoms with E-state index in [4.69, 9.17) is 14.6 Å². The molecule has 0 bridgehead atoms. The molecule has 2 N–H and O–H groups in total. The number of anilines is 1. The minimum atomic E-state index is 0.0206. The average Bonchev–Trinajstić information content (AvgIpc) is 3.83. The number of carbonyl (C=O) groups excluding carboxylic acids is 2. The maximum Gasteiger partial charge on any atom is 0.308 e. The second-order valence-electron chi connectivity index (χ2n) is 13.4. The number of aliphatic hydroxyl groups excluding tert-OH is 1. The SMILES string of the molecule is C=C(C)C(Nc1cc(CCC)c(CC=O)cc1CC)c1c[pH]c2ccccc12.CC.CC.CC.CCOC(=O)C1CCCCC1.COC1CC(CO)N(C)C1. The molecule has 312 valence electrons. The van der Waals surface area contributed by atoms with Crippen LogP contribution in [-0.2, 0) is 38.3 Å². The van der Waals surface area contributed by atoms with Gasteiger partial charge < -0.3 is 24.7 Å². The first kappa shape index (κ1) is 52.0. The number of benzene rings is 2. The lowest BCUT2D eigenvalue weighted by Crippen LogP contribution is -2.28. The van der Waals surface area contributed by atoms with Crippen molar-refractivity contribution in [3.63, 3.8) is 0 Å². The molecule has 2 aliphatic rings. The van der Waals surface area contributed by atoms with Crippen molar-refractivity contribution < 1.29 is 24.2 Å². The van der Waals surface area contributed by atoms with Crippen LogP contribution in [0.2, 0.25) is 0 Å². The van der Waals surface area contributed by atoms with Crippen LogP contribution in [0.5, 0.6) is 0 Å². The molecule has 2 heterocycles. The molecule has 0 radical (unpaired) electrons. The Morgan fingerprint density at radius 2 is 1.67 bits per heavy atom. The van der Waals surface area contributed by atoms with E-state index in [2.05, 4.69) is 79.8 Å². The van der Waals surface area contributed by atoms with E-state index in [1.807, 2.05) is 55.5 Å². The number of aldehydes is 1. The van der Waals surface area contributed by atoms with Crippen molar-refractivity contribution in [2.24, 2.45) is 5.92 Å². The van der Waals surface area contributed by atoms with Gasteiger partial charge in [0.2, 0.25) is 0 Å². The smallest absolute Gasteiger partial charge is 0.308 e. The van der Waals surface area contributed by atoms with Gasteiger partial charge in [-0.15, -0.1) is 8.19 Å². The highest BCUT2D eigenvalue weighted by atomic mass is 31.0. The van der Waals surface area contributed by atoms with Crippen LogP contribution in [0, 0.1) is 5.92 Å². The van der Waals surface area contributed by atoms with E-state index in [0.717, 1.165) is 70.7 Å². The van der Waals surface area contributed by atoms with Gasteiger partial charge in [-0.3, -0.25) is 9.69 Å². The highest BCUT2D eigenvalue weighted by Gasteiger charge is 2.28. The van der Waals surface area contributed by atoms with E-state index in [-0.39, 0.29) is 24.5 Å². The van der Waals surface area contributed by atoms with Crippen molar-refractivity contribution >= 4 is 36.6 Å². The molecule has 5 rings (SSSR count). The molecule has 1 aliphatic carbocycles. The molecule has 1 saturated carbocycles. The molecule has 2 aromatic carbocycles. The zero-order valence-electron chi connectivity index (χ0n) is 36.9. The van der Waals surface area contributed by atoms with Crippen LogP contribution < -0.4 is 5.32 Å². The van der Waals surface area contributed by atoms with E-state index in [0.29, 0.717) is 25.2 Å². The van der Waals surface area contributed by atoms with E-state index in [1.165, 1.54) is 52.1 Å². The number of esters is 1. The number of rotatable bonds is 13. The number of carbonyl (C=O) groups is 2. The summed E-state index contributed by atoms with van der Waals surface area (Å²) in [6, 6.07) is 13.6. The van der Waals surface area contributed by atoms with Crippen LogP contribution in [0.3, 0.4) is 0 Å². The summed E-state index contributed by atoms with van der Waals surface area (Å²) in [5.74, 6) is 2.59. The Hall–Kier alpha value is -2.96. The fourth-order valence-electron chi connectivity index (χ4n) is 6.92. The van der Waals surface area contributed by atoms with Crippen molar-refractivity contribution in [1.82, 2.24) is 4.90 Å². The first-order valence-corrected chi connectivity index (χ1v) is 22.3. The molecule has 8 heteroatoms. The zero-order chi connectivity index (χ0) is 41.8. The lowest BCUT2D eigenvalue weighted by atomic mass is 9.89. The number of likely N-dealkylation sites (N-methyl/N-ethyl adjacent to an activating group) is 1. The lowest BCUT2D eigenvalue weighted by Gasteiger charge is -2.24. The summed E-state index contributed by atoms with van der Waals surface area (Å²) in [5, 5.41) is 15.4. The number of hydrogen-bond acceptors (Lipinski definition) is 7. The maximum absolute atomic E-state index is 11.2. The minimum absolute atomic E-state index is 0.0206. The van der Waals surface area contributed by atoms with Gasteiger partial charge in [0.1, 0.15) is 6.29 Å². The fraction of sp³-hybridized carbons (Fsp3) is 0.617. The van der Waals surface area contributed by atoms with E-state index in [1.54, 1.807) is 7.11 Å². The Kier molecular flexibility index (Phi) is 29.5. The molecular weight excluding hydrogens is 704 g/mol. The molecule has 4 atom stereocenters. The van der Waals surface area contributed by atoms with Crippen molar-refractivity contribution in [1.29, 1.82) is 0 Å². The number of aryl methyl sites for hydroxylation is 2. The number of aliphatic hydroxyl groups is 1. The van der Waals surface area contributed by atoms with Gasteiger partial charge in [-0.05, 0) is 97.6 Å². The molecule has 0 spiro atoms. The highest BCUT2D eigenvalue weighted by molar-refractivity contribution is 7.36. The van der Waals surface area contributed by atoms with E-state index < -0.39 is 0 Å². The number of likely N-dealkylation sites (tertiary alicyclic amines) is 1.